The number of carbonyl (C=O) groups excluding carboxylic acids is 3. The van der Waals surface area contributed by atoms with Crippen LogP contribution in [-0.2, 0) is 11.3 Å². The quantitative estimate of drug-likeness (QED) is 0.508. The van der Waals surface area contributed by atoms with Crippen LogP contribution >= 0.6 is 0 Å². The van der Waals surface area contributed by atoms with Gasteiger partial charge in [-0.15, -0.1) is 0 Å². The fourth-order valence-electron chi connectivity index (χ4n) is 3.70. The SMILES string of the molecule is CN(C)CC(=O)Nc1cccc(CNC(=O)c2ccc3c(c2)C(=O)c2ccccc2-3)c1. The highest BCUT2D eigenvalue weighted by Crippen LogP contribution is 2.36. The van der Waals surface area contributed by atoms with Gasteiger partial charge in [0.15, 0.2) is 5.78 Å². The summed E-state index contributed by atoms with van der Waals surface area (Å²) in [6, 6.07) is 20.0. The molecule has 0 atom stereocenters. The lowest BCUT2D eigenvalue weighted by atomic mass is 10.0. The smallest absolute Gasteiger partial charge is 0.251 e. The van der Waals surface area contributed by atoms with Crippen molar-refractivity contribution in [2.24, 2.45) is 0 Å². The molecule has 2 N–H and O–H groups in total. The van der Waals surface area contributed by atoms with Gasteiger partial charge in [0.25, 0.3) is 5.91 Å². The third-order valence-electron chi connectivity index (χ3n) is 5.11. The molecule has 0 unspecified atom stereocenters. The van der Waals surface area contributed by atoms with Crippen molar-refractivity contribution in [1.29, 1.82) is 0 Å². The Balaban J connectivity index is 1.43. The largest absolute Gasteiger partial charge is 0.348 e. The number of rotatable bonds is 6. The summed E-state index contributed by atoms with van der Waals surface area (Å²) < 4.78 is 0. The van der Waals surface area contributed by atoms with Crippen LogP contribution in [0, 0.1) is 0 Å². The number of nitrogens with zero attached hydrogens (tertiary/aromatic N) is 1. The van der Waals surface area contributed by atoms with E-state index in [4.69, 9.17) is 0 Å². The van der Waals surface area contributed by atoms with E-state index in [1.54, 1.807) is 17.0 Å². The van der Waals surface area contributed by atoms with Crippen molar-refractivity contribution in [3.8, 4) is 11.1 Å². The van der Waals surface area contributed by atoms with E-state index >= 15 is 0 Å². The van der Waals surface area contributed by atoms with Crippen LogP contribution in [0.2, 0.25) is 0 Å². The van der Waals surface area contributed by atoms with Gasteiger partial charge in [0, 0.05) is 28.9 Å². The molecule has 3 aromatic rings. The highest BCUT2D eigenvalue weighted by Gasteiger charge is 2.26. The minimum Gasteiger partial charge on any atom is -0.348 e. The van der Waals surface area contributed by atoms with Gasteiger partial charge < -0.3 is 15.5 Å². The molecule has 6 heteroatoms. The van der Waals surface area contributed by atoms with Gasteiger partial charge >= 0.3 is 0 Å². The monoisotopic (exact) mass is 413 g/mol. The molecule has 0 aliphatic heterocycles. The van der Waals surface area contributed by atoms with E-state index < -0.39 is 0 Å². The van der Waals surface area contributed by atoms with E-state index in [1.165, 1.54) is 0 Å². The average molecular weight is 413 g/mol. The predicted octanol–water partition coefficient (Wildman–Crippen LogP) is 3.33. The van der Waals surface area contributed by atoms with Gasteiger partial charge in [-0.2, -0.15) is 0 Å². The minimum absolute atomic E-state index is 0.0542. The molecule has 0 saturated carbocycles. The number of likely N-dealkylation sites (N-methyl/N-ethyl adjacent to an activating group) is 1. The average Bonchev–Trinajstić information content (AvgIpc) is 3.04. The molecule has 31 heavy (non-hydrogen) atoms. The first-order valence-electron chi connectivity index (χ1n) is 10.0. The Bertz CT molecular complexity index is 1180. The molecule has 0 bridgehead atoms. The van der Waals surface area contributed by atoms with Crippen LogP contribution in [0.1, 0.15) is 31.8 Å². The van der Waals surface area contributed by atoms with E-state index in [9.17, 15) is 14.4 Å². The Labute approximate surface area is 180 Å². The predicted molar refractivity (Wildman–Crippen MR) is 120 cm³/mol. The molecule has 2 amide bonds. The van der Waals surface area contributed by atoms with Crippen LogP contribution in [0.5, 0.6) is 0 Å². The van der Waals surface area contributed by atoms with E-state index in [-0.39, 0.29) is 17.6 Å². The molecule has 1 aliphatic rings. The Kier molecular flexibility index (Phi) is 5.64. The Morgan fingerprint density at radius 3 is 2.35 bits per heavy atom. The summed E-state index contributed by atoms with van der Waals surface area (Å²) in [5.74, 6) is -0.412. The summed E-state index contributed by atoms with van der Waals surface area (Å²) in [4.78, 5) is 39.1. The van der Waals surface area contributed by atoms with Gasteiger partial charge in [-0.3, -0.25) is 14.4 Å². The summed E-state index contributed by atoms with van der Waals surface area (Å²) in [5, 5.41) is 5.73. The third-order valence-corrected chi connectivity index (χ3v) is 5.11. The van der Waals surface area contributed by atoms with Crippen LogP contribution in [0.15, 0.2) is 66.7 Å². The lowest BCUT2D eigenvalue weighted by molar-refractivity contribution is -0.116. The number of amides is 2. The van der Waals surface area contributed by atoms with Crippen LogP contribution in [-0.4, -0.2) is 43.1 Å². The normalized spacial score (nSPS) is 11.8. The minimum atomic E-state index is -0.256. The van der Waals surface area contributed by atoms with Gasteiger partial charge in [-0.25, -0.2) is 0 Å². The molecule has 0 aromatic heterocycles. The lowest BCUT2D eigenvalue weighted by Gasteiger charge is -2.11. The van der Waals surface area contributed by atoms with Crippen LogP contribution < -0.4 is 10.6 Å². The molecule has 0 saturated heterocycles. The van der Waals surface area contributed by atoms with Crippen molar-refractivity contribution >= 4 is 23.3 Å². The van der Waals surface area contributed by atoms with Gasteiger partial charge in [-0.05, 0) is 55.1 Å². The zero-order chi connectivity index (χ0) is 22.0. The molecule has 0 heterocycles. The number of carbonyl (C=O) groups is 3. The first-order chi connectivity index (χ1) is 14.9. The second kappa shape index (κ2) is 8.53. The second-order valence-electron chi connectivity index (χ2n) is 7.80. The standard InChI is InChI=1S/C25H23N3O3/c1-28(2)15-23(29)27-18-7-5-6-16(12-18)14-26-25(31)17-10-11-20-19-8-3-4-9-21(19)24(30)22(20)13-17/h3-13H,14-15H2,1-2H3,(H,26,31)(H,27,29). The topological polar surface area (TPSA) is 78.5 Å². The second-order valence-corrected chi connectivity index (χ2v) is 7.80. The highest BCUT2D eigenvalue weighted by molar-refractivity contribution is 6.22. The summed E-state index contributed by atoms with van der Waals surface area (Å²) in [5.41, 5.74) is 4.97. The molecule has 1 aliphatic carbocycles. The molecular formula is C25H23N3O3. The van der Waals surface area contributed by atoms with E-state index in [1.807, 2.05) is 68.7 Å². The Morgan fingerprint density at radius 1 is 0.839 bits per heavy atom. The zero-order valence-electron chi connectivity index (χ0n) is 17.4. The van der Waals surface area contributed by atoms with Crippen LogP contribution in [0.25, 0.3) is 11.1 Å². The van der Waals surface area contributed by atoms with Crippen molar-refractivity contribution in [2.75, 3.05) is 26.0 Å². The number of anilines is 1. The Hall–Kier alpha value is -3.77. The fraction of sp³-hybridized carbons (Fsp3) is 0.160. The molecule has 156 valence electrons. The Morgan fingerprint density at radius 2 is 1.58 bits per heavy atom. The third kappa shape index (κ3) is 4.39. The molecule has 0 radical (unpaired) electrons. The molecule has 0 spiro atoms. The fourth-order valence-corrected chi connectivity index (χ4v) is 3.70. The first kappa shape index (κ1) is 20.5. The molecule has 6 nitrogen and oxygen atoms in total. The van der Waals surface area contributed by atoms with E-state index in [2.05, 4.69) is 10.6 Å². The molecule has 3 aromatic carbocycles. The van der Waals surface area contributed by atoms with Crippen molar-refractivity contribution < 1.29 is 14.4 Å². The number of ketones is 1. The lowest BCUT2D eigenvalue weighted by Crippen LogP contribution is -2.27. The number of hydrogen-bond acceptors (Lipinski definition) is 4. The van der Waals surface area contributed by atoms with Crippen molar-refractivity contribution in [1.82, 2.24) is 10.2 Å². The van der Waals surface area contributed by atoms with Gasteiger partial charge in [0.1, 0.15) is 0 Å². The highest BCUT2D eigenvalue weighted by atomic mass is 16.2. The maximum absolute atomic E-state index is 12.7. The maximum atomic E-state index is 12.7. The van der Waals surface area contributed by atoms with Crippen LogP contribution in [0.3, 0.4) is 0 Å². The molecule has 4 rings (SSSR count). The van der Waals surface area contributed by atoms with Gasteiger partial charge in [0.2, 0.25) is 5.91 Å². The zero-order valence-corrected chi connectivity index (χ0v) is 17.4. The van der Waals surface area contributed by atoms with E-state index in [0.717, 1.165) is 16.7 Å². The first-order valence-corrected chi connectivity index (χ1v) is 10.0. The number of nitrogens with one attached hydrogen (secondary N) is 2. The van der Waals surface area contributed by atoms with Crippen molar-refractivity contribution in [2.45, 2.75) is 6.54 Å². The van der Waals surface area contributed by atoms with Crippen molar-refractivity contribution in [3.05, 3.63) is 89.0 Å². The van der Waals surface area contributed by atoms with Crippen molar-refractivity contribution in [3.63, 3.8) is 0 Å². The number of hydrogen-bond donors (Lipinski definition) is 2. The summed E-state index contributed by atoms with van der Waals surface area (Å²) >= 11 is 0. The molecular weight excluding hydrogens is 390 g/mol. The number of fused-ring (bicyclic) bond motifs is 3. The van der Waals surface area contributed by atoms with Gasteiger partial charge in [0.05, 0.1) is 6.54 Å². The summed E-state index contributed by atoms with van der Waals surface area (Å²) in [6.07, 6.45) is 0. The van der Waals surface area contributed by atoms with Gasteiger partial charge in [-0.1, -0.05) is 42.5 Å². The molecule has 0 fully saturated rings. The maximum Gasteiger partial charge on any atom is 0.251 e. The van der Waals surface area contributed by atoms with E-state index in [0.29, 0.717) is 35.5 Å². The van der Waals surface area contributed by atoms with Crippen LogP contribution in [0.4, 0.5) is 5.69 Å². The number of benzene rings is 3. The summed E-state index contributed by atoms with van der Waals surface area (Å²) in [7, 11) is 3.66. The summed E-state index contributed by atoms with van der Waals surface area (Å²) in [6.45, 7) is 0.601.